The lowest BCUT2D eigenvalue weighted by Crippen LogP contribution is -2.32. The first-order valence-electron chi connectivity index (χ1n) is 9.18. The van der Waals surface area contributed by atoms with Crippen LogP contribution in [-0.2, 0) is 22.5 Å². The minimum absolute atomic E-state index is 0.149. The SMILES string of the molecule is CC(C)OC(=O)CNC(=O)c1nc(-c2ccccc2)n2c1CCCCC2. The first-order valence-corrected chi connectivity index (χ1v) is 9.18. The van der Waals surface area contributed by atoms with Gasteiger partial charge in [0.05, 0.1) is 11.8 Å². The average Bonchev–Trinajstić information content (AvgIpc) is 2.81. The molecular weight excluding hydrogens is 330 g/mol. The molecule has 0 atom stereocenters. The quantitative estimate of drug-likeness (QED) is 0.837. The van der Waals surface area contributed by atoms with Crippen molar-refractivity contribution in [1.29, 1.82) is 0 Å². The zero-order valence-electron chi connectivity index (χ0n) is 15.3. The highest BCUT2D eigenvalue weighted by Gasteiger charge is 2.24. The summed E-state index contributed by atoms with van der Waals surface area (Å²) in [5.41, 5.74) is 2.37. The van der Waals surface area contributed by atoms with Crippen LogP contribution in [0.5, 0.6) is 0 Å². The molecule has 0 unspecified atom stereocenters. The largest absolute Gasteiger partial charge is 0.462 e. The summed E-state index contributed by atoms with van der Waals surface area (Å²) in [5, 5.41) is 2.65. The number of hydrogen-bond acceptors (Lipinski definition) is 4. The molecule has 0 saturated carbocycles. The van der Waals surface area contributed by atoms with Crippen molar-refractivity contribution in [2.24, 2.45) is 0 Å². The molecule has 26 heavy (non-hydrogen) atoms. The van der Waals surface area contributed by atoms with Crippen LogP contribution < -0.4 is 5.32 Å². The summed E-state index contributed by atoms with van der Waals surface area (Å²) >= 11 is 0. The predicted molar refractivity (Wildman–Crippen MR) is 98.8 cm³/mol. The van der Waals surface area contributed by atoms with Crippen molar-refractivity contribution < 1.29 is 14.3 Å². The molecule has 1 aliphatic rings. The molecule has 2 aromatic rings. The monoisotopic (exact) mass is 355 g/mol. The van der Waals surface area contributed by atoms with E-state index in [4.69, 9.17) is 4.74 Å². The Morgan fingerprint density at radius 1 is 1.19 bits per heavy atom. The Hall–Kier alpha value is -2.63. The third-order valence-corrected chi connectivity index (χ3v) is 4.38. The number of aromatic nitrogens is 2. The topological polar surface area (TPSA) is 73.2 Å². The van der Waals surface area contributed by atoms with E-state index < -0.39 is 5.97 Å². The molecular formula is C20H25N3O3. The Bertz CT molecular complexity index is 781. The molecule has 0 bridgehead atoms. The van der Waals surface area contributed by atoms with Crippen LogP contribution in [0, 0.1) is 0 Å². The van der Waals surface area contributed by atoms with Crippen LogP contribution in [-0.4, -0.2) is 34.1 Å². The molecule has 138 valence electrons. The summed E-state index contributed by atoms with van der Waals surface area (Å²) in [6, 6.07) is 9.90. The van der Waals surface area contributed by atoms with Crippen molar-refractivity contribution in [3.8, 4) is 11.4 Å². The van der Waals surface area contributed by atoms with Crippen molar-refractivity contribution in [2.45, 2.75) is 52.2 Å². The highest BCUT2D eigenvalue weighted by molar-refractivity contribution is 5.96. The lowest BCUT2D eigenvalue weighted by atomic mass is 10.1. The van der Waals surface area contributed by atoms with Crippen LogP contribution in [0.15, 0.2) is 30.3 Å². The normalized spacial score (nSPS) is 13.8. The molecule has 0 saturated heterocycles. The molecule has 0 aliphatic carbocycles. The van der Waals surface area contributed by atoms with Crippen LogP contribution in [0.3, 0.4) is 0 Å². The highest BCUT2D eigenvalue weighted by atomic mass is 16.5. The number of nitrogens with one attached hydrogen (secondary N) is 1. The number of carbonyl (C=O) groups is 2. The van der Waals surface area contributed by atoms with Gasteiger partial charge in [0.15, 0.2) is 0 Å². The number of benzene rings is 1. The van der Waals surface area contributed by atoms with E-state index >= 15 is 0 Å². The van der Waals surface area contributed by atoms with Crippen LogP contribution in [0.1, 0.15) is 49.3 Å². The molecule has 0 fully saturated rings. The summed E-state index contributed by atoms with van der Waals surface area (Å²) in [6.45, 7) is 4.27. The van der Waals surface area contributed by atoms with Gasteiger partial charge in [-0.05, 0) is 33.1 Å². The van der Waals surface area contributed by atoms with Gasteiger partial charge in [-0.2, -0.15) is 0 Å². The summed E-state index contributed by atoms with van der Waals surface area (Å²) in [4.78, 5) is 29.0. The maximum atomic E-state index is 12.7. The highest BCUT2D eigenvalue weighted by Crippen LogP contribution is 2.27. The average molecular weight is 355 g/mol. The maximum Gasteiger partial charge on any atom is 0.325 e. The van der Waals surface area contributed by atoms with Crippen molar-refractivity contribution in [3.63, 3.8) is 0 Å². The van der Waals surface area contributed by atoms with Gasteiger partial charge in [-0.3, -0.25) is 9.59 Å². The van der Waals surface area contributed by atoms with E-state index in [0.717, 1.165) is 49.3 Å². The summed E-state index contributed by atoms with van der Waals surface area (Å²) in [5.74, 6) is 0.0536. The Morgan fingerprint density at radius 3 is 2.69 bits per heavy atom. The smallest absolute Gasteiger partial charge is 0.325 e. The van der Waals surface area contributed by atoms with Gasteiger partial charge in [0.1, 0.15) is 18.1 Å². The molecule has 0 spiro atoms. The summed E-state index contributed by atoms with van der Waals surface area (Å²) in [7, 11) is 0. The molecule has 1 aliphatic heterocycles. The fourth-order valence-electron chi connectivity index (χ4n) is 3.25. The van der Waals surface area contributed by atoms with Gasteiger partial charge >= 0.3 is 5.97 Å². The van der Waals surface area contributed by atoms with E-state index in [1.165, 1.54) is 0 Å². The molecule has 3 rings (SSSR count). The third kappa shape index (κ3) is 4.12. The van der Waals surface area contributed by atoms with E-state index in [1.807, 2.05) is 30.3 Å². The second kappa shape index (κ2) is 8.17. The molecule has 1 amide bonds. The molecule has 2 heterocycles. The van der Waals surface area contributed by atoms with Gasteiger partial charge in [0.2, 0.25) is 0 Å². The van der Waals surface area contributed by atoms with Gasteiger partial charge in [-0.15, -0.1) is 0 Å². The second-order valence-corrected chi connectivity index (χ2v) is 6.78. The molecule has 0 radical (unpaired) electrons. The second-order valence-electron chi connectivity index (χ2n) is 6.78. The molecule has 6 heteroatoms. The van der Waals surface area contributed by atoms with E-state index in [0.29, 0.717) is 5.69 Å². The summed E-state index contributed by atoms with van der Waals surface area (Å²) in [6.07, 6.45) is 3.87. The number of rotatable bonds is 5. The van der Waals surface area contributed by atoms with E-state index in [-0.39, 0.29) is 18.6 Å². The minimum atomic E-state index is -0.443. The first-order chi connectivity index (χ1) is 12.6. The van der Waals surface area contributed by atoms with E-state index in [9.17, 15) is 9.59 Å². The van der Waals surface area contributed by atoms with Crippen molar-refractivity contribution in [2.75, 3.05) is 6.54 Å². The van der Waals surface area contributed by atoms with E-state index in [1.54, 1.807) is 13.8 Å². The van der Waals surface area contributed by atoms with Crippen LogP contribution in [0.25, 0.3) is 11.4 Å². The standard InChI is InChI=1S/C20H25N3O3/c1-14(2)26-17(24)13-21-20(25)18-16-11-7-4-8-12-23(16)19(22-18)15-9-5-3-6-10-15/h3,5-6,9-10,14H,4,7-8,11-13H2,1-2H3,(H,21,25). The number of amides is 1. The number of carbonyl (C=O) groups excluding carboxylic acids is 2. The Balaban J connectivity index is 1.86. The number of imidazole rings is 1. The number of esters is 1. The van der Waals surface area contributed by atoms with Crippen LogP contribution >= 0.6 is 0 Å². The minimum Gasteiger partial charge on any atom is -0.462 e. The number of hydrogen-bond donors (Lipinski definition) is 1. The Labute approximate surface area is 153 Å². The molecule has 1 aromatic carbocycles. The fourth-order valence-corrected chi connectivity index (χ4v) is 3.25. The predicted octanol–water partition coefficient (Wildman–Crippen LogP) is 2.96. The molecule has 1 aromatic heterocycles. The first kappa shape index (κ1) is 18.2. The number of nitrogens with zero attached hydrogens (tertiary/aromatic N) is 2. The van der Waals surface area contributed by atoms with Crippen molar-refractivity contribution >= 4 is 11.9 Å². The zero-order valence-corrected chi connectivity index (χ0v) is 15.3. The van der Waals surface area contributed by atoms with Gasteiger partial charge in [0.25, 0.3) is 5.91 Å². The van der Waals surface area contributed by atoms with Gasteiger partial charge in [0, 0.05) is 12.1 Å². The van der Waals surface area contributed by atoms with Gasteiger partial charge in [-0.1, -0.05) is 36.8 Å². The maximum absolute atomic E-state index is 12.7. The third-order valence-electron chi connectivity index (χ3n) is 4.38. The van der Waals surface area contributed by atoms with Crippen LogP contribution in [0.2, 0.25) is 0 Å². The van der Waals surface area contributed by atoms with Crippen molar-refractivity contribution in [1.82, 2.24) is 14.9 Å². The zero-order chi connectivity index (χ0) is 18.5. The van der Waals surface area contributed by atoms with Gasteiger partial charge < -0.3 is 14.6 Å². The summed E-state index contributed by atoms with van der Waals surface area (Å²) < 4.78 is 7.22. The van der Waals surface area contributed by atoms with Crippen molar-refractivity contribution in [3.05, 3.63) is 41.7 Å². The van der Waals surface area contributed by atoms with Crippen LogP contribution in [0.4, 0.5) is 0 Å². The lowest BCUT2D eigenvalue weighted by Gasteiger charge is -2.09. The lowest BCUT2D eigenvalue weighted by molar-refractivity contribution is -0.146. The van der Waals surface area contributed by atoms with E-state index in [2.05, 4.69) is 14.9 Å². The molecule has 1 N–H and O–H groups in total. The fraction of sp³-hybridized carbons (Fsp3) is 0.450. The number of fused-ring (bicyclic) bond motifs is 1. The Morgan fingerprint density at radius 2 is 1.96 bits per heavy atom. The molecule has 6 nitrogen and oxygen atoms in total. The Kier molecular flexibility index (Phi) is 5.71. The van der Waals surface area contributed by atoms with Gasteiger partial charge in [-0.25, -0.2) is 4.98 Å². The number of ether oxygens (including phenoxy) is 1.